The van der Waals surface area contributed by atoms with Gasteiger partial charge in [0.1, 0.15) is 0 Å². The third-order valence-corrected chi connectivity index (χ3v) is 6.55. The van der Waals surface area contributed by atoms with Crippen molar-refractivity contribution in [2.45, 2.75) is 50.5 Å². The van der Waals surface area contributed by atoms with Crippen LogP contribution in [0.2, 0.25) is 0 Å². The van der Waals surface area contributed by atoms with Crippen LogP contribution in [0.4, 0.5) is 0 Å². The first-order chi connectivity index (χ1) is 13.6. The second kappa shape index (κ2) is 11.8. The highest BCUT2D eigenvalue weighted by molar-refractivity contribution is 14.0. The monoisotopic (exact) mass is 551 g/mol. The smallest absolute Gasteiger partial charge is 0.241 e. The van der Waals surface area contributed by atoms with Gasteiger partial charge in [-0.25, -0.2) is 18.5 Å². The molecule has 0 aromatic heterocycles. The van der Waals surface area contributed by atoms with Crippen molar-refractivity contribution in [1.29, 1.82) is 0 Å². The molecule has 0 atom stereocenters. The van der Waals surface area contributed by atoms with Gasteiger partial charge in [0.25, 0.3) is 0 Å². The van der Waals surface area contributed by atoms with E-state index in [0.29, 0.717) is 12.5 Å². The molecule has 170 valence electrons. The second-order valence-corrected chi connectivity index (χ2v) is 9.47. The molecule has 0 aliphatic heterocycles. The lowest BCUT2D eigenvalue weighted by Crippen LogP contribution is -2.46. The van der Waals surface area contributed by atoms with Crippen LogP contribution in [-0.2, 0) is 21.4 Å². The Kier molecular flexibility index (Phi) is 10.5. The van der Waals surface area contributed by atoms with Crippen molar-refractivity contribution in [3.05, 3.63) is 29.8 Å². The Bertz CT molecular complexity index is 819. The average Bonchev–Trinajstić information content (AvgIpc) is 3.16. The molecule has 0 radical (unpaired) electrons. The number of guanidine groups is 1. The van der Waals surface area contributed by atoms with Crippen LogP contribution in [0, 0.1) is 5.41 Å². The summed E-state index contributed by atoms with van der Waals surface area (Å²) in [5, 5.41) is 11.6. The minimum atomic E-state index is -3.71. The number of nitrogens with two attached hydrogens (primary N) is 1. The van der Waals surface area contributed by atoms with Crippen LogP contribution in [0.1, 0.15) is 44.6 Å². The number of rotatable bonds is 8. The third kappa shape index (κ3) is 8.03. The van der Waals surface area contributed by atoms with Crippen LogP contribution in [0.25, 0.3) is 0 Å². The average molecular weight is 551 g/mol. The van der Waals surface area contributed by atoms with Crippen molar-refractivity contribution in [3.8, 4) is 0 Å². The maximum atomic E-state index is 11.9. The van der Waals surface area contributed by atoms with Crippen molar-refractivity contribution in [2.24, 2.45) is 15.5 Å². The lowest BCUT2D eigenvalue weighted by atomic mass is 9.83. The Morgan fingerprint density at radius 2 is 1.77 bits per heavy atom. The summed E-state index contributed by atoms with van der Waals surface area (Å²) < 4.78 is 22.8. The fourth-order valence-corrected chi connectivity index (χ4v) is 4.01. The highest BCUT2D eigenvalue weighted by Gasteiger charge is 2.31. The molecule has 1 aromatic rings. The Balaban J connectivity index is 0.00000450. The molecular weight excluding hydrogens is 517 g/mol. The number of aliphatic imine (C=N–C) groups is 1. The molecule has 4 N–H and O–H groups in total. The lowest BCUT2D eigenvalue weighted by molar-refractivity contribution is -0.127. The van der Waals surface area contributed by atoms with Crippen molar-refractivity contribution in [1.82, 2.24) is 15.5 Å². The van der Waals surface area contributed by atoms with E-state index in [1.807, 2.05) is 0 Å². The first-order valence-corrected chi connectivity index (χ1v) is 11.5. The molecule has 10 heteroatoms. The van der Waals surface area contributed by atoms with Gasteiger partial charge < -0.3 is 15.5 Å². The highest BCUT2D eigenvalue weighted by atomic mass is 127. The third-order valence-electron chi connectivity index (χ3n) is 5.62. The van der Waals surface area contributed by atoms with E-state index in [2.05, 4.69) is 22.5 Å². The fraction of sp³-hybridized carbons (Fsp3) is 0.600. The molecule has 1 aromatic carbocycles. The Morgan fingerprint density at radius 1 is 1.17 bits per heavy atom. The van der Waals surface area contributed by atoms with Crippen LogP contribution < -0.4 is 15.8 Å². The molecular formula is C20H34IN5O3S. The summed E-state index contributed by atoms with van der Waals surface area (Å²) >= 11 is 0. The minimum absolute atomic E-state index is 0. The number of hydrogen-bond acceptors (Lipinski definition) is 4. The van der Waals surface area contributed by atoms with E-state index >= 15 is 0 Å². The van der Waals surface area contributed by atoms with Gasteiger partial charge in [0, 0.05) is 20.6 Å². The Labute approximate surface area is 197 Å². The van der Waals surface area contributed by atoms with Gasteiger partial charge in [0.15, 0.2) is 5.96 Å². The number of halogens is 1. The number of primary sulfonamides is 1. The highest BCUT2D eigenvalue weighted by Crippen LogP contribution is 2.40. The van der Waals surface area contributed by atoms with Crippen LogP contribution >= 0.6 is 24.0 Å². The summed E-state index contributed by atoms with van der Waals surface area (Å²) in [6, 6.07) is 6.33. The summed E-state index contributed by atoms with van der Waals surface area (Å²) in [5.41, 5.74) is 1.13. The largest absolute Gasteiger partial charge is 0.356 e. The first kappa shape index (κ1) is 26.6. The number of carbonyl (C=O) groups excluding carboxylic acids is 1. The summed E-state index contributed by atoms with van der Waals surface area (Å²) in [7, 11) is -0.279. The summed E-state index contributed by atoms with van der Waals surface area (Å²) in [6.45, 7) is 3.55. The SMILES string of the molecule is CCC1(CNC(=NCc2ccc(S(N)(=O)=O)cc2)NCC(=O)N(C)C)CCCC1.I. The number of sulfonamides is 1. The van der Waals surface area contributed by atoms with Gasteiger partial charge in [0.05, 0.1) is 18.0 Å². The molecule has 0 spiro atoms. The second-order valence-electron chi connectivity index (χ2n) is 7.91. The van der Waals surface area contributed by atoms with Crippen LogP contribution in [-0.4, -0.2) is 52.4 Å². The summed E-state index contributed by atoms with van der Waals surface area (Å²) in [6.07, 6.45) is 6.03. The maximum absolute atomic E-state index is 11.9. The number of nitrogens with zero attached hydrogens (tertiary/aromatic N) is 2. The number of nitrogens with one attached hydrogen (secondary N) is 2. The molecule has 1 aliphatic rings. The van der Waals surface area contributed by atoms with E-state index < -0.39 is 10.0 Å². The quantitative estimate of drug-likeness (QED) is 0.260. The number of benzene rings is 1. The Hall–Kier alpha value is -1.40. The maximum Gasteiger partial charge on any atom is 0.241 e. The lowest BCUT2D eigenvalue weighted by Gasteiger charge is -2.28. The molecule has 0 unspecified atom stereocenters. The molecule has 1 saturated carbocycles. The van der Waals surface area contributed by atoms with Gasteiger partial charge in [-0.15, -0.1) is 24.0 Å². The van der Waals surface area contributed by atoms with Crippen molar-refractivity contribution in [2.75, 3.05) is 27.2 Å². The summed E-state index contributed by atoms with van der Waals surface area (Å²) in [5.74, 6) is 0.540. The van der Waals surface area contributed by atoms with Crippen molar-refractivity contribution < 1.29 is 13.2 Å². The van der Waals surface area contributed by atoms with Crippen molar-refractivity contribution in [3.63, 3.8) is 0 Å². The van der Waals surface area contributed by atoms with E-state index in [0.717, 1.165) is 18.5 Å². The zero-order valence-electron chi connectivity index (χ0n) is 18.0. The van der Waals surface area contributed by atoms with E-state index in [-0.39, 0.29) is 46.7 Å². The number of amides is 1. The Morgan fingerprint density at radius 3 is 2.27 bits per heavy atom. The van der Waals surface area contributed by atoms with E-state index in [1.54, 1.807) is 26.2 Å². The molecule has 1 fully saturated rings. The van der Waals surface area contributed by atoms with Crippen LogP contribution in [0.3, 0.4) is 0 Å². The van der Waals surface area contributed by atoms with Crippen LogP contribution in [0.15, 0.2) is 34.2 Å². The molecule has 0 bridgehead atoms. The molecule has 0 heterocycles. The van der Waals surface area contributed by atoms with Gasteiger partial charge in [-0.2, -0.15) is 0 Å². The molecule has 1 amide bonds. The van der Waals surface area contributed by atoms with Gasteiger partial charge >= 0.3 is 0 Å². The molecule has 2 rings (SSSR count). The standard InChI is InChI=1S/C20H33N5O3S.HI/c1-4-20(11-5-6-12-20)15-24-19(23-14-18(26)25(2)3)22-13-16-7-9-17(10-8-16)29(21,27)28;/h7-10H,4-6,11-15H2,1-3H3,(H2,21,27,28)(H2,22,23,24);1H. The van der Waals surface area contributed by atoms with Crippen LogP contribution in [0.5, 0.6) is 0 Å². The first-order valence-electron chi connectivity index (χ1n) is 9.99. The fourth-order valence-electron chi connectivity index (χ4n) is 3.50. The molecule has 30 heavy (non-hydrogen) atoms. The number of carbonyl (C=O) groups is 1. The van der Waals surface area contributed by atoms with E-state index in [9.17, 15) is 13.2 Å². The molecule has 0 saturated heterocycles. The number of likely N-dealkylation sites (N-methyl/N-ethyl adjacent to an activating group) is 1. The summed E-state index contributed by atoms with van der Waals surface area (Å²) in [4.78, 5) is 18.1. The molecule has 8 nitrogen and oxygen atoms in total. The predicted octanol–water partition coefficient (Wildman–Crippen LogP) is 2.05. The van der Waals surface area contributed by atoms with Gasteiger partial charge in [-0.1, -0.05) is 31.9 Å². The topological polar surface area (TPSA) is 117 Å². The van der Waals surface area contributed by atoms with Crippen molar-refractivity contribution >= 4 is 45.9 Å². The predicted molar refractivity (Wildman–Crippen MR) is 130 cm³/mol. The zero-order valence-corrected chi connectivity index (χ0v) is 21.1. The minimum Gasteiger partial charge on any atom is -0.356 e. The van der Waals surface area contributed by atoms with Gasteiger partial charge in [-0.3, -0.25) is 4.79 Å². The van der Waals surface area contributed by atoms with Gasteiger partial charge in [-0.05, 0) is 42.4 Å². The zero-order chi connectivity index (χ0) is 21.5. The normalized spacial score (nSPS) is 15.9. The van der Waals surface area contributed by atoms with E-state index in [4.69, 9.17) is 5.14 Å². The van der Waals surface area contributed by atoms with E-state index in [1.165, 1.54) is 42.7 Å². The van der Waals surface area contributed by atoms with Gasteiger partial charge in [0.2, 0.25) is 15.9 Å². The molecule has 1 aliphatic carbocycles. The number of hydrogen-bond donors (Lipinski definition) is 3.